The molecule has 0 radical (unpaired) electrons. The molecule has 0 unspecified atom stereocenters. The number of hydrogen-bond donors (Lipinski definition) is 0. The van der Waals surface area contributed by atoms with Crippen molar-refractivity contribution in [1.82, 2.24) is 0 Å². The van der Waals surface area contributed by atoms with E-state index in [1.165, 1.54) is 19.2 Å². The summed E-state index contributed by atoms with van der Waals surface area (Å²) in [6.45, 7) is 0. The maximum absolute atomic E-state index is 13.7. The summed E-state index contributed by atoms with van der Waals surface area (Å²) in [7, 11) is 1.52. The summed E-state index contributed by atoms with van der Waals surface area (Å²) in [4.78, 5) is 0. The van der Waals surface area contributed by atoms with Crippen molar-refractivity contribution in [2.24, 2.45) is 0 Å². The smallest absolute Gasteiger partial charge is 0.141 e. The third-order valence-electron chi connectivity index (χ3n) is 2.73. The molecule has 0 N–H and O–H groups in total. The Hall–Kier alpha value is -1.68. The first-order chi connectivity index (χ1) is 8.22. The van der Waals surface area contributed by atoms with Gasteiger partial charge in [0, 0.05) is 10.8 Å². The molecule has 0 fully saturated rings. The highest BCUT2D eigenvalue weighted by Gasteiger charge is 2.15. The zero-order chi connectivity index (χ0) is 12.0. The van der Waals surface area contributed by atoms with E-state index in [0.29, 0.717) is 25.9 Å². The van der Waals surface area contributed by atoms with E-state index in [1.54, 1.807) is 18.2 Å². The van der Waals surface area contributed by atoms with E-state index < -0.39 is 0 Å². The summed E-state index contributed by atoms with van der Waals surface area (Å²) in [5.74, 6) is -0.107. The minimum atomic E-state index is -0.346. The van der Waals surface area contributed by atoms with Gasteiger partial charge in [0.1, 0.15) is 17.4 Å². The normalized spacial score (nSPS) is 11.2. The fourth-order valence-corrected chi connectivity index (χ4v) is 3.10. The second kappa shape index (κ2) is 3.67. The van der Waals surface area contributed by atoms with E-state index in [1.807, 2.05) is 0 Å². The highest BCUT2D eigenvalue weighted by atomic mass is 32.1. The van der Waals surface area contributed by atoms with Gasteiger partial charge < -0.3 is 4.74 Å². The SMILES string of the molecule is COc1ccc(F)c2sc3c(F)cccc3c12. The monoisotopic (exact) mass is 250 g/mol. The Balaban J connectivity index is 2.60. The number of fused-ring (bicyclic) bond motifs is 3. The number of ether oxygens (including phenoxy) is 1. The quantitative estimate of drug-likeness (QED) is 0.624. The van der Waals surface area contributed by atoms with Gasteiger partial charge in [-0.25, -0.2) is 8.78 Å². The molecule has 0 bridgehead atoms. The molecule has 0 spiro atoms. The predicted octanol–water partition coefficient (Wildman–Crippen LogP) is 4.34. The van der Waals surface area contributed by atoms with Crippen LogP contribution in [0.25, 0.3) is 20.2 Å². The maximum atomic E-state index is 13.7. The van der Waals surface area contributed by atoms with Crippen LogP contribution in [0.15, 0.2) is 30.3 Å². The Labute approximate surface area is 100 Å². The highest BCUT2D eigenvalue weighted by molar-refractivity contribution is 7.26. The Morgan fingerprint density at radius 3 is 2.53 bits per heavy atom. The Bertz CT molecular complexity index is 718. The largest absolute Gasteiger partial charge is 0.496 e. The van der Waals surface area contributed by atoms with Crippen molar-refractivity contribution < 1.29 is 13.5 Å². The molecule has 3 aromatic rings. The zero-order valence-electron chi connectivity index (χ0n) is 8.96. The van der Waals surface area contributed by atoms with E-state index in [-0.39, 0.29) is 11.6 Å². The maximum Gasteiger partial charge on any atom is 0.141 e. The molecule has 2 aromatic carbocycles. The molecule has 0 aliphatic carbocycles. The van der Waals surface area contributed by atoms with Crippen LogP contribution in [-0.2, 0) is 0 Å². The lowest BCUT2D eigenvalue weighted by Crippen LogP contribution is -1.84. The van der Waals surface area contributed by atoms with Crippen LogP contribution in [-0.4, -0.2) is 7.11 Å². The summed E-state index contributed by atoms with van der Waals surface area (Å²) < 4.78 is 33.4. The number of halogens is 2. The molecule has 0 atom stereocenters. The minimum Gasteiger partial charge on any atom is -0.496 e. The van der Waals surface area contributed by atoms with Crippen molar-refractivity contribution in [2.45, 2.75) is 0 Å². The van der Waals surface area contributed by atoms with Gasteiger partial charge in [0.05, 0.1) is 16.5 Å². The first-order valence-electron chi connectivity index (χ1n) is 5.05. The van der Waals surface area contributed by atoms with Gasteiger partial charge in [0.2, 0.25) is 0 Å². The fourth-order valence-electron chi connectivity index (χ4n) is 1.98. The van der Waals surface area contributed by atoms with Crippen molar-refractivity contribution in [3.8, 4) is 5.75 Å². The van der Waals surface area contributed by atoms with E-state index in [0.717, 1.165) is 11.3 Å². The number of benzene rings is 2. The van der Waals surface area contributed by atoms with Crippen LogP contribution in [0.2, 0.25) is 0 Å². The molecule has 4 heteroatoms. The van der Waals surface area contributed by atoms with Gasteiger partial charge in [-0.2, -0.15) is 0 Å². The first-order valence-corrected chi connectivity index (χ1v) is 5.87. The van der Waals surface area contributed by atoms with Crippen LogP contribution >= 0.6 is 11.3 Å². The Morgan fingerprint density at radius 1 is 1.00 bits per heavy atom. The second-order valence-corrected chi connectivity index (χ2v) is 4.69. The standard InChI is InChI=1S/C13H8F2OS/c1-16-10-6-5-9(15)13-11(10)7-3-2-4-8(14)12(7)17-13/h2-6H,1H3. The van der Waals surface area contributed by atoms with Gasteiger partial charge in [-0.1, -0.05) is 12.1 Å². The van der Waals surface area contributed by atoms with E-state index in [9.17, 15) is 8.78 Å². The van der Waals surface area contributed by atoms with Crippen LogP contribution in [0.5, 0.6) is 5.75 Å². The molecule has 3 rings (SSSR count). The van der Waals surface area contributed by atoms with E-state index in [2.05, 4.69) is 0 Å². The summed E-state index contributed by atoms with van der Waals surface area (Å²) in [5, 5.41) is 1.34. The molecule has 0 aliphatic heterocycles. The summed E-state index contributed by atoms with van der Waals surface area (Å²) >= 11 is 1.11. The van der Waals surface area contributed by atoms with Crippen LogP contribution in [0.1, 0.15) is 0 Å². The van der Waals surface area contributed by atoms with Crippen molar-refractivity contribution in [1.29, 1.82) is 0 Å². The third kappa shape index (κ3) is 1.41. The van der Waals surface area contributed by atoms with Crippen molar-refractivity contribution in [3.63, 3.8) is 0 Å². The molecule has 1 nitrogen and oxygen atoms in total. The Kier molecular flexibility index (Phi) is 2.26. The molecular weight excluding hydrogens is 242 g/mol. The molecule has 1 heterocycles. The summed E-state index contributed by atoms with van der Waals surface area (Å²) in [5.41, 5.74) is 0. The van der Waals surface area contributed by atoms with Crippen molar-refractivity contribution >= 4 is 31.5 Å². The average molecular weight is 250 g/mol. The molecule has 0 aliphatic rings. The van der Waals surface area contributed by atoms with Gasteiger partial charge in [0.25, 0.3) is 0 Å². The molecule has 1 aromatic heterocycles. The molecule has 86 valence electrons. The van der Waals surface area contributed by atoms with Gasteiger partial charge >= 0.3 is 0 Å². The molecular formula is C13H8F2OS. The predicted molar refractivity (Wildman–Crippen MR) is 65.8 cm³/mol. The van der Waals surface area contributed by atoms with Crippen molar-refractivity contribution in [2.75, 3.05) is 7.11 Å². The number of rotatable bonds is 1. The molecule has 0 saturated carbocycles. The van der Waals surface area contributed by atoms with Crippen LogP contribution < -0.4 is 4.74 Å². The minimum absolute atomic E-state index is 0.329. The van der Waals surface area contributed by atoms with E-state index in [4.69, 9.17) is 4.74 Å². The highest BCUT2D eigenvalue weighted by Crippen LogP contribution is 2.41. The van der Waals surface area contributed by atoms with Crippen LogP contribution in [0.4, 0.5) is 8.78 Å². The topological polar surface area (TPSA) is 9.23 Å². The average Bonchev–Trinajstić information content (AvgIpc) is 2.72. The summed E-state index contributed by atoms with van der Waals surface area (Å²) in [6, 6.07) is 7.68. The molecule has 17 heavy (non-hydrogen) atoms. The number of thiophene rings is 1. The second-order valence-electron chi connectivity index (χ2n) is 3.67. The fraction of sp³-hybridized carbons (Fsp3) is 0.0769. The lowest BCUT2D eigenvalue weighted by Gasteiger charge is -2.02. The first kappa shape index (κ1) is 10.5. The third-order valence-corrected chi connectivity index (χ3v) is 3.95. The Morgan fingerprint density at radius 2 is 1.76 bits per heavy atom. The summed E-state index contributed by atoms with van der Waals surface area (Å²) in [6.07, 6.45) is 0. The van der Waals surface area contributed by atoms with Gasteiger partial charge in [-0.15, -0.1) is 11.3 Å². The molecule has 0 amide bonds. The molecule has 0 saturated heterocycles. The zero-order valence-corrected chi connectivity index (χ0v) is 9.78. The number of hydrogen-bond acceptors (Lipinski definition) is 2. The number of methoxy groups -OCH3 is 1. The van der Waals surface area contributed by atoms with Gasteiger partial charge in [-0.05, 0) is 18.2 Å². The van der Waals surface area contributed by atoms with Crippen molar-refractivity contribution in [3.05, 3.63) is 42.0 Å². The van der Waals surface area contributed by atoms with Crippen LogP contribution in [0.3, 0.4) is 0 Å². The van der Waals surface area contributed by atoms with E-state index >= 15 is 0 Å². The lowest BCUT2D eigenvalue weighted by atomic mass is 10.1. The van der Waals surface area contributed by atoms with Crippen LogP contribution in [0, 0.1) is 11.6 Å². The van der Waals surface area contributed by atoms with Gasteiger partial charge in [-0.3, -0.25) is 0 Å². The lowest BCUT2D eigenvalue weighted by molar-refractivity contribution is 0.419. The van der Waals surface area contributed by atoms with Gasteiger partial charge in [0.15, 0.2) is 0 Å².